The molecule has 0 aliphatic heterocycles. The van der Waals surface area contributed by atoms with Gasteiger partial charge in [0.15, 0.2) is 0 Å². The molecule has 0 amide bonds. The third-order valence-electron chi connectivity index (χ3n) is 4.53. The normalized spacial score (nSPS) is 23.2. The van der Waals surface area contributed by atoms with E-state index < -0.39 is 0 Å². The summed E-state index contributed by atoms with van der Waals surface area (Å²) in [6.07, 6.45) is 7.30. The Morgan fingerprint density at radius 2 is 2.00 bits per heavy atom. The number of rotatable bonds is 6. The van der Waals surface area contributed by atoms with Gasteiger partial charge in [-0.05, 0) is 45.1 Å². The van der Waals surface area contributed by atoms with Crippen molar-refractivity contribution in [3.05, 3.63) is 16.4 Å². The molecule has 20 heavy (non-hydrogen) atoms. The van der Waals surface area contributed by atoms with Gasteiger partial charge >= 0.3 is 0 Å². The molecule has 1 aliphatic carbocycles. The van der Waals surface area contributed by atoms with Crippen LogP contribution in [0.25, 0.3) is 0 Å². The molecule has 0 saturated heterocycles. The van der Waals surface area contributed by atoms with Gasteiger partial charge in [-0.1, -0.05) is 38.3 Å². The average molecular weight is 298 g/mol. The predicted molar refractivity (Wildman–Crippen MR) is 85.4 cm³/mol. The summed E-state index contributed by atoms with van der Waals surface area (Å²) in [5.41, 5.74) is 2.31. The van der Waals surface area contributed by atoms with Crippen molar-refractivity contribution < 1.29 is 0 Å². The quantitative estimate of drug-likeness (QED) is 0.865. The van der Waals surface area contributed by atoms with Crippen LogP contribution < -0.4 is 5.32 Å². The molecule has 3 nitrogen and oxygen atoms in total. The second kappa shape index (κ2) is 7.46. The van der Waals surface area contributed by atoms with Crippen LogP contribution in [0, 0.1) is 5.92 Å². The summed E-state index contributed by atoms with van der Waals surface area (Å²) < 4.78 is 2.11. The molecular weight excluding hydrogens is 270 g/mol. The summed E-state index contributed by atoms with van der Waals surface area (Å²) in [7, 11) is 0. The van der Waals surface area contributed by atoms with Gasteiger partial charge in [0, 0.05) is 12.6 Å². The van der Waals surface area contributed by atoms with E-state index >= 15 is 0 Å². The van der Waals surface area contributed by atoms with Crippen molar-refractivity contribution in [2.45, 2.75) is 71.9 Å². The Morgan fingerprint density at radius 3 is 2.65 bits per heavy atom. The largest absolute Gasteiger partial charge is 0.314 e. The van der Waals surface area contributed by atoms with E-state index in [-0.39, 0.29) is 0 Å². The second-order valence-electron chi connectivity index (χ2n) is 5.79. The number of aryl methyl sites for hydroxylation is 2. The molecule has 4 heteroatoms. The zero-order valence-corrected chi connectivity index (χ0v) is 13.8. The predicted octanol–water partition coefficient (Wildman–Crippen LogP) is 3.83. The van der Waals surface area contributed by atoms with Crippen molar-refractivity contribution in [3.63, 3.8) is 0 Å². The molecule has 1 heterocycles. The molecule has 2 atom stereocenters. The van der Waals surface area contributed by atoms with Gasteiger partial charge in [-0.2, -0.15) is 5.10 Å². The van der Waals surface area contributed by atoms with Crippen LogP contribution in [-0.2, 0) is 19.4 Å². The second-order valence-corrected chi connectivity index (χ2v) is 6.17. The van der Waals surface area contributed by atoms with Gasteiger partial charge in [0.25, 0.3) is 0 Å². The van der Waals surface area contributed by atoms with E-state index in [1.807, 2.05) is 0 Å². The van der Waals surface area contributed by atoms with Crippen molar-refractivity contribution >= 4 is 11.6 Å². The van der Waals surface area contributed by atoms with E-state index in [0.717, 1.165) is 36.6 Å². The molecule has 114 valence electrons. The zero-order chi connectivity index (χ0) is 14.5. The molecule has 0 aromatic carbocycles. The van der Waals surface area contributed by atoms with Crippen LogP contribution in [0.3, 0.4) is 0 Å². The lowest BCUT2D eigenvalue weighted by Gasteiger charge is -2.32. The number of halogens is 1. The van der Waals surface area contributed by atoms with Crippen LogP contribution in [0.4, 0.5) is 0 Å². The van der Waals surface area contributed by atoms with Crippen molar-refractivity contribution in [2.75, 3.05) is 6.54 Å². The maximum absolute atomic E-state index is 6.55. The first-order valence-corrected chi connectivity index (χ1v) is 8.56. The highest BCUT2D eigenvalue weighted by Crippen LogP contribution is 2.31. The van der Waals surface area contributed by atoms with Crippen LogP contribution in [-0.4, -0.2) is 22.4 Å². The topological polar surface area (TPSA) is 29.9 Å². The Hall–Kier alpha value is -0.540. The molecule has 1 saturated carbocycles. The Labute approximate surface area is 128 Å². The van der Waals surface area contributed by atoms with Crippen LogP contribution in [0.2, 0.25) is 5.02 Å². The van der Waals surface area contributed by atoms with Crippen molar-refractivity contribution in [1.29, 1.82) is 0 Å². The van der Waals surface area contributed by atoms with E-state index in [2.05, 4.69) is 35.9 Å². The average Bonchev–Trinajstić information content (AvgIpc) is 2.77. The summed E-state index contributed by atoms with van der Waals surface area (Å²) >= 11 is 6.55. The lowest BCUT2D eigenvalue weighted by molar-refractivity contribution is 0.260. The lowest BCUT2D eigenvalue weighted by atomic mass is 9.81. The molecule has 2 unspecified atom stereocenters. The minimum absolute atomic E-state index is 0.648. The van der Waals surface area contributed by atoms with Crippen LogP contribution in [0.1, 0.15) is 57.8 Å². The lowest BCUT2D eigenvalue weighted by Crippen LogP contribution is -2.39. The summed E-state index contributed by atoms with van der Waals surface area (Å²) in [5.74, 6) is 0.702. The number of aromatic nitrogens is 2. The molecule has 0 bridgehead atoms. The minimum Gasteiger partial charge on any atom is -0.314 e. The van der Waals surface area contributed by atoms with Crippen LogP contribution >= 0.6 is 11.6 Å². The fraction of sp³-hybridized carbons (Fsp3) is 0.812. The number of hydrogen-bond acceptors (Lipinski definition) is 2. The van der Waals surface area contributed by atoms with E-state index in [1.54, 1.807) is 0 Å². The molecule has 1 aromatic heterocycles. The van der Waals surface area contributed by atoms with E-state index in [9.17, 15) is 0 Å². The fourth-order valence-corrected chi connectivity index (χ4v) is 3.79. The smallest absolute Gasteiger partial charge is 0.0849 e. The molecule has 1 fully saturated rings. The highest BCUT2D eigenvalue weighted by atomic mass is 35.5. The van der Waals surface area contributed by atoms with Gasteiger partial charge in [-0.15, -0.1) is 0 Å². The van der Waals surface area contributed by atoms with Gasteiger partial charge in [-0.3, -0.25) is 4.68 Å². The van der Waals surface area contributed by atoms with Crippen molar-refractivity contribution in [2.24, 2.45) is 5.92 Å². The maximum Gasteiger partial charge on any atom is 0.0849 e. The third kappa shape index (κ3) is 3.37. The first-order valence-electron chi connectivity index (χ1n) is 8.18. The van der Waals surface area contributed by atoms with Gasteiger partial charge in [0.1, 0.15) is 0 Å². The van der Waals surface area contributed by atoms with E-state index in [0.29, 0.717) is 12.0 Å². The van der Waals surface area contributed by atoms with Crippen LogP contribution in [0.15, 0.2) is 0 Å². The number of nitrogens with zero attached hydrogens (tertiary/aromatic N) is 2. The highest BCUT2D eigenvalue weighted by molar-refractivity contribution is 6.31. The molecule has 0 spiro atoms. The standard InChI is InChI=1S/C16H28ClN3/c1-4-13-16(17)15(20(6-3)19-13)11-12-9-7-8-10-14(12)18-5-2/h12,14,18H,4-11H2,1-3H3. The first-order chi connectivity index (χ1) is 9.71. The van der Waals surface area contributed by atoms with E-state index in [4.69, 9.17) is 11.6 Å². The molecule has 2 rings (SSSR count). The fourth-order valence-electron chi connectivity index (χ4n) is 3.44. The molecule has 1 aliphatic rings. The first kappa shape index (κ1) is 15.8. The summed E-state index contributed by atoms with van der Waals surface area (Å²) in [4.78, 5) is 0. The molecule has 1 N–H and O–H groups in total. The minimum atomic E-state index is 0.648. The Kier molecular flexibility index (Phi) is 5.91. The van der Waals surface area contributed by atoms with Crippen molar-refractivity contribution in [1.82, 2.24) is 15.1 Å². The van der Waals surface area contributed by atoms with Gasteiger partial charge in [-0.25, -0.2) is 0 Å². The summed E-state index contributed by atoms with van der Waals surface area (Å²) in [6, 6.07) is 0.648. The maximum atomic E-state index is 6.55. The monoisotopic (exact) mass is 297 g/mol. The van der Waals surface area contributed by atoms with Gasteiger partial charge in [0.2, 0.25) is 0 Å². The molecule has 0 radical (unpaired) electrons. The molecule has 1 aromatic rings. The summed E-state index contributed by atoms with van der Waals surface area (Å²) in [5, 5.41) is 9.22. The van der Waals surface area contributed by atoms with Gasteiger partial charge < -0.3 is 5.32 Å². The van der Waals surface area contributed by atoms with Crippen molar-refractivity contribution in [3.8, 4) is 0 Å². The SMILES string of the molecule is CCNC1CCCCC1Cc1c(Cl)c(CC)nn1CC. The Morgan fingerprint density at radius 1 is 1.25 bits per heavy atom. The highest BCUT2D eigenvalue weighted by Gasteiger charge is 2.27. The van der Waals surface area contributed by atoms with Gasteiger partial charge in [0.05, 0.1) is 16.4 Å². The third-order valence-corrected chi connectivity index (χ3v) is 4.96. The zero-order valence-electron chi connectivity index (χ0n) is 13.1. The van der Waals surface area contributed by atoms with E-state index in [1.165, 1.54) is 31.4 Å². The number of nitrogens with one attached hydrogen (secondary N) is 1. The van der Waals surface area contributed by atoms with Crippen LogP contribution in [0.5, 0.6) is 0 Å². The summed E-state index contributed by atoms with van der Waals surface area (Å²) in [6.45, 7) is 8.44. The Bertz CT molecular complexity index is 426. The molecular formula is C16H28ClN3. The number of hydrogen-bond donors (Lipinski definition) is 1. The Balaban J connectivity index is 2.17.